The van der Waals surface area contributed by atoms with Crippen molar-refractivity contribution in [2.75, 3.05) is 11.1 Å². The van der Waals surface area contributed by atoms with Gasteiger partial charge in [0.1, 0.15) is 12.4 Å². The molecular formula is C27H29F3N4O3S. The van der Waals surface area contributed by atoms with E-state index in [1.54, 1.807) is 18.2 Å². The van der Waals surface area contributed by atoms with Crippen molar-refractivity contribution < 1.29 is 27.4 Å². The fraction of sp³-hybridized carbons (Fsp3) is 0.444. The van der Waals surface area contributed by atoms with Gasteiger partial charge in [-0.1, -0.05) is 30.3 Å². The molecule has 0 radical (unpaired) electrons. The molecule has 1 amide bonds. The van der Waals surface area contributed by atoms with Crippen LogP contribution in [0.4, 0.5) is 18.9 Å². The van der Waals surface area contributed by atoms with Crippen molar-refractivity contribution in [1.82, 2.24) is 14.8 Å². The van der Waals surface area contributed by atoms with E-state index >= 15 is 0 Å². The smallest absolute Gasteiger partial charge is 0.387 e. The van der Waals surface area contributed by atoms with Crippen molar-refractivity contribution in [2.45, 2.75) is 57.0 Å². The molecule has 4 atom stereocenters. The van der Waals surface area contributed by atoms with Gasteiger partial charge in [0, 0.05) is 11.7 Å². The molecule has 38 heavy (non-hydrogen) atoms. The Balaban J connectivity index is 1.27. The number of rotatable bonds is 11. The molecule has 2 bridgehead atoms. The summed E-state index contributed by atoms with van der Waals surface area (Å²) < 4.78 is 50.9. The zero-order valence-corrected chi connectivity index (χ0v) is 21.7. The molecule has 11 heteroatoms. The summed E-state index contributed by atoms with van der Waals surface area (Å²) in [5.41, 5.74) is 0.466. The van der Waals surface area contributed by atoms with E-state index in [-0.39, 0.29) is 35.8 Å². The summed E-state index contributed by atoms with van der Waals surface area (Å²) in [4.78, 5) is 12.6. The van der Waals surface area contributed by atoms with Crippen LogP contribution in [0.5, 0.6) is 11.5 Å². The fourth-order valence-corrected chi connectivity index (χ4v) is 6.58. The minimum atomic E-state index is -2.91. The number of aromatic nitrogens is 3. The van der Waals surface area contributed by atoms with Crippen molar-refractivity contribution in [1.29, 1.82) is 0 Å². The molecule has 2 fully saturated rings. The molecule has 0 spiro atoms. The fourth-order valence-electron chi connectivity index (χ4n) is 5.74. The van der Waals surface area contributed by atoms with E-state index in [4.69, 9.17) is 4.74 Å². The van der Waals surface area contributed by atoms with Gasteiger partial charge in [-0.2, -0.15) is 8.78 Å². The molecule has 202 valence electrons. The van der Waals surface area contributed by atoms with Gasteiger partial charge in [-0.3, -0.25) is 9.36 Å². The Morgan fingerprint density at radius 3 is 2.61 bits per heavy atom. The number of nitrogens with one attached hydrogen (secondary N) is 1. The van der Waals surface area contributed by atoms with Crippen LogP contribution in [0.25, 0.3) is 0 Å². The molecule has 2 aliphatic rings. The van der Waals surface area contributed by atoms with Crippen molar-refractivity contribution in [2.24, 2.45) is 17.8 Å². The largest absolute Gasteiger partial charge is 0.483 e. The Hall–Kier alpha value is -3.21. The maximum atomic E-state index is 14.1. The van der Waals surface area contributed by atoms with Gasteiger partial charge < -0.3 is 14.8 Å². The maximum Gasteiger partial charge on any atom is 0.387 e. The van der Waals surface area contributed by atoms with Gasteiger partial charge in [0.15, 0.2) is 22.5 Å². The first-order valence-electron chi connectivity index (χ1n) is 12.7. The van der Waals surface area contributed by atoms with Crippen LogP contribution < -0.4 is 14.8 Å². The number of para-hydroxylation sites is 1. The van der Waals surface area contributed by atoms with Gasteiger partial charge in [0.05, 0.1) is 5.75 Å². The summed E-state index contributed by atoms with van der Waals surface area (Å²) in [5, 5.41) is 12.1. The monoisotopic (exact) mass is 546 g/mol. The lowest BCUT2D eigenvalue weighted by atomic mass is 9.84. The number of hydrogen-bond acceptors (Lipinski definition) is 6. The number of carbonyl (C=O) groups is 1. The lowest BCUT2D eigenvalue weighted by Gasteiger charge is -2.30. The van der Waals surface area contributed by atoms with Crippen LogP contribution in [-0.2, 0) is 11.4 Å². The minimum absolute atomic E-state index is 0.0141. The Labute approximate surface area is 223 Å². The quantitative estimate of drug-likeness (QED) is 0.284. The topological polar surface area (TPSA) is 78.3 Å². The molecule has 3 aromatic rings. The zero-order valence-electron chi connectivity index (χ0n) is 20.9. The van der Waals surface area contributed by atoms with Gasteiger partial charge in [0.2, 0.25) is 5.91 Å². The van der Waals surface area contributed by atoms with Gasteiger partial charge in [-0.25, -0.2) is 4.39 Å². The number of benzene rings is 2. The van der Waals surface area contributed by atoms with Crippen molar-refractivity contribution in [3.8, 4) is 11.5 Å². The van der Waals surface area contributed by atoms with Crippen LogP contribution in [0.3, 0.4) is 0 Å². The summed E-state index contributed by atoms with van der Waals surface area (Å²) in [6.07, 6.45) is 4.93. The maximum absolute atomic E-state index is 14.1. The third-order valence-electron chi connectivity index (χ3n) is 7.44. The molecular weight excluding hydrogens is 517 g/mol. The van der Waals surface area contributed by atoms with Gasteiger partial charge in [-0.15, -0.1) is 10.2 Å². The van der Waals surface area contributed by atoms with E-state index in [0.29, 0.717) is 28.5 Å². The number of carbonyl (C=O) groups excluding carboxylic acids is 1. The Morgan fingerprint density at radius 2 is 1.92 bits per heavy atom. The molecule has 1 aromatic heterocycles. The van der Waals surface area contributed by atoms with E-state index in [9.17, 15) is 18.0 Å². The van der Waals surface area contributed by atoms with E-state index < -0.39 is 12.4 Å². The third-order valence-corrected chi connectivity index (χ3v) is 8.39. The standard InChI is InChI=1S/C27H29F3N4O3S/c1-16(21-13-17-6-7-18(21)12-17)34-24(14-36-23-5-3-2-4-22(23)28)32-33-27(34)38-15-25(35)31-19-8-10-20(11-9-19)37-26(29)30/h2-5,8-11,16-18,21,26H,6-7,12-15H2,1H3,(H,31,35)/t16-,17+,18+,21-/m1/s1. The minimum Gasteiger partial charge on any atom is -0.483 e. The number of hydrogen-bond donors (Lipinski definition) is 1. The molecule has 5 rings (SSSR count). The molecule has 1 N–H and O–H groups in total. The van der Waals surface area contributed by atoms with E-state index in [1.165, 1.54) is 61.4 Å². The summed E-state index contributed by atoms with van der Waals surface area (Å²) in [5.74, 6) is 2.01. The molecule has 1 heterocycles. The molecule has 0 unspecified atom stereocenters. The van der Waals surface area contributed by atoms with Crippen molar-refractivity contribution in [3.63, 3.8) is 0 Å². The van der Waals surface area contributed by atoms with Crippen LogP contribution in [0.2, 0.25) is 0 Å². The highest BCUT2D eigenvalue weighted by Crippen LogP contribution is 2.52. The molecule has 7 nitrogen and oxygen atoms in total. The molecule has 0 saturated heterocycles. The lowest BCUT2D eigenvalue weighted by Crippen LogP contribution is -2.25. The highest BCUT2D eigenvalue weighted by molar-refractivity contribution is 7.99. The number of thioether (sulfide) groups is 1. The van der Waals surface area contributed by atoms with Crippen molar-refractivity contribution >= 4 is 23.4 Å². The second kappa shape index (κ2) is 11.7. The summed E-state index contributed by atoms with van der Waals surface area (Å²) in [6.45, 7) is -0.694. The lowest BCUT2D eigenvalue weighted by molar-refractivity contribution is -0.113. The van der Waals surface area contributed by atoms with Gasteiger partial charge in [-0.05, 0) is 80.3 Å². The number of nitrogens with zero attached hydrogens (tertiary/aromatic N) is 3. The zero-order chi connectivity index (χ0) is 26.6. The number of fused-ring (bicyclic) bond motifs is 2. The number of alkyl halides is 2. The molecule has 2 aromatic carbocycles. The summed E-state index contributed by atoms with van der Waals surface area (Å²) in [6, 6.07) is 12.1. The van der Waals surface area contributed by atoms with E-state index in [1.807, 2.05) is 4.57 Å². The predicted molar refractivity (Wildman–Crippen MR) is 137 cm³/mol. The highest BCUT2D eigenvalue weighted by atomic mass is 32.2. The number of halogens is 3. The van der Waals surface area contributed by atoms with E-state index in [0.717, 1.165) is 12.3 Å². The number of ether oxygens (including phenoxy) is 2. The van der Waals surface area contributed by atoms with Crippen LogP contribution in [0, 0.1) is 23.6 Å². The normalized spacial score (nSPS) is 21.0. The van der Waals surface area contributed by atoms with Gasteiger partial charge >= 0.3 is 6.61 Å². The summed E-state index contributed by atoms with van der Waals surface area (Å²) >= 11 is 1.26. The number of amides is 1. The Morgan fingerprint density at radius 1 is 1.13 bits per heavy atom. The van der Waals surface area contributed by atoms with Crippen LogP contribution in [0.15, 0.2) is 53.7 Å². The first kappa shape index (κ1) is 26.4. The highest BCUT2D eigenvalue weighted by Gasteiger charge is 2.43. The summed E-state index contributed by atoms with van der Waals surface area (Å²) in [7, 11) is 0. The molecule has 0 aliphatic heterocycles. The van der Waals surface area contributed by atoms with Gasteiger partial charge in [0.25, 0.3) is 0 Å². The van der Waals surface area contributed by atoms with Crippen molar-refractivity contribution in [3.05, 3.63) is 60.2 Å². The first-order valence-corrected chi connectivity index (χ1v) is 13.6. The Bertz CT molecular complexity index is 1260. The van der Waals surface area contributed by atoms with Crippen LogP contribution in [-0.4, -0.2) is 33.0 Å². The van der Waals surface area contributed by atoms with Crippen LogP contribution in [0.1, 0.15) is 44.5 Å². The molecule has 2 aliphatic carbocycles. The van der Waals surface area contributed by atoms with Crippen LogP contribution >= 0.6 is 11.8 Å². The second-order valence-electron chi connectivity index (χ2n) is 9.81. The average Bonchev–Trinajstić information content (AvgIpc) is 3.64. The molecule has 2 saturated carbocycles. The second-order valence-corrected chi connectivity index (χ2v) is 10.7. The van der Waals surface area contributed by atoms with E-state index in [2.05, 4.69) is 27.2 Å². The first-order chi connectivity index (χ1) is 18.4. The number of anilines is 1. The SMILES string of the molecule is C[C@H]([C@H]1C[C@H]2CC[C@H]1C2)n1c(COc2ccccc2F)nnc1SCC(=O)Nc1ccc(OC(F)F)cc1. The Kier molecular flexibility index (Phi) is 8.11. The average molecular weight is 547 g/mol. The third kappa shape index (κ3) is 6.09. The predicted octanol–water partition coefficient (Wildman–Crippen LogP) is 6.33.